The summed E-state index contributed by atoms with van der Waals surface area (Å²) in [6, 6.07) is 82.6. The average molecular weight is 879 g/mol. The molecule has 0 amide bonds. The molecule has 0 aliphatic carbocycles. The van der Waals surface area contributed by atoms with E-state index in [0.29, 0.717) is 17.6 Å². The number of nitrogens with zero attached hydrogens (tertiary/aromatic N) is 6. The molecule has 0 spiro atoms. The molecule has 4 heterocycles. The van der Waals surface area contributed by atoms with Crippen LogP contribution in [-0.2, 0) is 0 Å². The fourth-order valence-electron chi connectivity index (χ4n) is 11.4. The van der Waals surface area contributed by atoms with Crippen LogP contribution in [-0.4, -0.2) is 28.7 Å². The second-order valence-corrected chi connectivity index (χ2v) is 17.9. The monoisotopic (exact) mass is 878 g/mol. The van der Waals surface area contributed by atoms with Gasteiger partial charge in [0, 0.05) is 54.5 Å². The highest BCUT2D eigenvalue weighted by Gasteiger charge is 2.25. The molecule has 0 fully saturated rings. The van der Waals surface area contributed by atoms with Crippen LogP contribution < -0.4 is 0 Å². The van der Waals surface area contributed by atoms with Gasteiger partial charge in [0.15, 0.2) is 11.6 Å². The van der Waals surface area contributed by atoms with Gasteiger partial charge in [-0.15, -0.1) is 0 Å². The predicted molar refractivity (Wildman–Crippen MR) is 286 cm³/mol. The largest absolute Gasteiger partial charge is 0.309 e. The van der Waals surface area contributed by atoms with E-state index in [4.69, 9.17) is 15.0 Å². The lowest BCUT2D eigenvalue weighted by Crippen LogP contribution is -2.07. The van der Waals surface area contributed by atoms with E-state index in [2.05, 4.69) is 226 Å². The highest BCUT2D eigenvalue weighted by Crippen LogP contribution is 2.45. The molecule has 15 rings (SSSR count). The fourth-order valence-corrected chi connectivity index (χ4v) is 11.4. The van der Waals surface area contributed by atoms with Gasteiger partial charge in [0.25, 0.3) is 0 Å². The second-order valence-electron chi connectivity index (χ2n) is 17.9. The quantitative estimate of drug-likeness (QED) is 0.162. The summed E-state index contributed by atoms with van der Waals surface area (Å²) >= 11 is 0. The highest BCUT2D eigenvalue weighted by molar-refractivity contribution is 6.29. The Hall–Kier alpha value is -9.39. The molecule has 0 atom stereocenters. The summed E-state index contributed by atoms with van der Waals surface area (Å²) in [6.45, 7) is 0. The molecule has 6 heteroatoms. The highest BCUT2D eigenvalue weighted by atomic mass is 15.2. The number of hydrogen-bond acceptors (Lipinski definition) is 3. The van der Waals surface area contributed by atoms with Crippen LogP contribution >= 0.6 is 0 Å². The number of benzene rings is 11. The topological polar surface area (TPSA) is 53.5 Å². The zero-order valence-electron chi connectivity index (χ0n) is 37.1. The Morgan fingerprint density at radius 1 is 0.261 bits per heavy atom. The smallest absolute Gasteiger partial charge is 0.238 e. The molecule has 0 aliphatic rings. The summed E-state index contributed by atoms with van der Waals surface area (Å²) in [7, 11) is 0. The molecule has 0 N–H and O–H groups in total. The Kier molecular flexibility index (Phi) is 7.97. The van der Waals surface area contributed by atoms with Gasteiger partial charge in [-0.05, 0) is 69.4 Å². The van der Waals surface area contributed by atoms with Gasteiger partial charge in [0.1, 0.15) is 0 Å². The first-order valence-electron chi connectivity index (χ1n) is 23.5. The molecule has 0 unspecified atom stereocenters. The average Bonchev–Trinajstić information content (AvgIpc) is 4.07. The van der Waals surface area contributed by atoms with Crippen molar-refractivity contribution in [2.45, 2.75) is 0 Å². The van der Waals surface area contributed by atoms with Crippen molar-refractivity contribution < 1.29 is 0 Å². The van der Waals surface area contributed by atoms with Gasteiger partial charge in [0.2, 0.25) is 5.95 Å². The van der Waals surface area contributed by atoms with Gasteiger partial charge in [-0.1, -0.05) is 188 Å². The van der Waals surface area contributed by atoms with Gasteiger partial charge in [-0.3, -0.25) is 4.57 Å². The van der Waals surface area contributed by atoms with Crippen LogP contribution in [0.2, 0.25) is 0 Å². The maximum Gasteiger partial charge on any atom is 0.238 e. The summed E-state index contributed by atoms with van der Waals surface area (Å²) < 4.78 is 7.14. The molecule has 4 aromatic heterocycles. The maximum atomic E-state index is 5.55. The SMILES string of the molecule is c1ccc(-c2nc(-c3ccc4c5ccccc5n(-c5ccccc5)c4c3)nc(-n3c4ccccc4c4ccc5c6ccccc6n(-c6cccc7c8ccccc8c8ccccc8c67)c5c43)n2)cc1. The minimum absolute atomic E-state index is 0.549. The summed E-state index contributed by atoms with van der Waals surface area (Å²) in [6.07, 6.45) is 0. The summed E-state index contributed by atoms with van der Waals surface area (Å²) in [4.78, 5) is 16.3. The summed E-state index contributed by atoms with van der Waals surface area (Å²) in [5.41, 5.74) is 10.5. The van der Waals surface area contributed by atoms with Crippen LogP contribution in [0, 0.1) is 0 Å². The lowest BCUT2D eigenvalue weighted by molar-refractivity contribution is 0.953. The van der Waals surface area contributed by atoms with E-state index in [1.807, 2.05) is 18.2 Å². The van der Waals surface area contributed by atoms with Crippen LogP contribution in [0.25, 0.3) is 138 Å². The van der Waals surface area contributed by atoms with Crippen molar-refractivity contribution in [3.63, 3.8) is 0 Å². The van der Waals surface area contributed by atoms with Crippen LogP contribution in [0.15, 0.2) is 231 Å². The third-order valence-electron chi connectivity index (χ3n) is 14.3. The van der Waals surface area contributed by atoms with E-state index < -0.39 is 0 Å². The van der Waals surface area contributed by atoms with Crippen molar-refractivity contribution in [2.75, 3.05) is 0 Å². The molecule has 11 aromatic carbocycles. The molecule has 6 nitrogen and oxygen atoms in total. The van der Waals surface area contributed by atoms with E-state index in [1.165, 1.54) is 48.5 Å². The van der Waals surface area contributed by atoms with Crippen molar-refractivity contribution in [2.24, 2.45) is 0 Å². The Bertz CT molecular complexity index is 4550. The molecule has 0 saturated carbocycles. The third kappa shape index (κ3) is 5.45. The molecule has 0 saturated heterocycles. The molecule has 320 valence electrons. The van der Waals surface area contributed by atoms with Crippen molar-refractivity contribution >= 4 is 97.7 Å². The van der Waals surface area contributed by atoms with E-state index in [9.17, 15) is 0 Å². The molecular weight excluding hydrogens is 841 g/mol. The molecule has 69 heavy (non-hydrogen) atoms. The Balaban J connectivity index is 1.07. The van der Waals surface area contributed by atoms with Crippen molar-refractivity contribution in [3.8, 4) is 40.1 Å². The molecular formula is C63H38N6. The first kappa shape index (κ1) is 37.8. The number of para-hydroxylation sites is 4. The zero-order valence-corrected chi connectivity index (χ0v) is 37.1. The van der Waals surface area contributed by atoms with E-state index >= 15 is 0 Å². The number of hydrogen-bond donors (Lipinski definition) is 0. The van der Waals surface area contributed by atoms with E-state index in [0.717, 1.165) is 71.8 Å². The Morgan fingerprint density at radius 3 is 1.33 bits per heavy atom. The van der Waals surface area contributed by atoms with Crippen molar-refractivity contribution in [1.29, 1.82) is 0 Å². The zero-order chi connectivity index (χ0) is 45.2. The second kappa shape index (κ2) is 14.6. The van der Waals surface area contributed by atoms with Gasteiger partial charge in [0.05, 0.1) is 38.8 Å². The third-order valence-corrected chi connectivity index (χ3v) is 14.3. The number of fused-ring (bicyclic) bond motifs is 16. The van der Waals surface area contributed by atoms with Gasteiger partial charge < -0.3 is 9.13 Å². The Morgan fingerprint density at radius 2 is 0.696 bits per heavy atom. The van der Waals surface area contributed by atoms with Gasteiger partial charge in [-0.25, -0.2) is 4.98 Å². The van der Waals surface area contributed by atoms with Gasteiger partial charge >= 0.3 is 0 Å². The normalized spacial score (nSPS) is 12.1. The van der Waals surface area contributed by atoms with Crippen LogP contribution in [0.3, 0.4) is 0 Å². The van der Waals surface area contributed by atoms with Crippen molar-refractivity contribution in [3.05, 3.63) is 231 Å². The molecule has 0 bridgehead atoms. The minimum Gasteiger partial charge on any atom is -0.309 e. The lowest BCUT2D eigenvalue weighted by atomic mass is 9.93. The summed E-state index contributed by atoms with van der Waals surface area (Å²) in [5.74, 6) is 1.74. The van der Waals surface area contributed by atoms with Crippen LogP contribution in [0.5, 0.6) is 0 Å². The molecule has 0 aliphatic heterocycles. The standard InChI is InChI=1S/C63H38N6/c1-3-18-39(19-4-1)61-64-62(40-34-35-48-45-25-11-14-30-53(45)67(57(48)38-40)41-20-5-2-6-21-41)66-63(65-61)69-55-32-16-13-27-47(55)52-37-36-51-46-26-12-15-31-54(46)68(59(51)60(52)69)56-33-17-29-50-44-23-8-7-22-42(44)43-24-9-10-28-49(43)58(50)56/h1-38H. The minimum atomic E-state index is 0.549. The number of aromatic nitrogens is 6. The summed E-state index contributed by atoms with van der Waals surface area (Å²) in [5, 5.41) is 14.3. The first-order chi connectivity index (χ1) is 34.3. The first-order valence-corrected chi connectivity index (χ1v) is 23.5. The Labute approximate surface area is 395 Å². The molecule has 0 radical (unpaired) electrons. The predicted octanol–water partition coefficient (Wildman–Crippen LogP) is 16.0. The van der Waals surface area contributed by atoms with Crippen LogP contribution in [0.1, 0.15) is 0 Å². The van der Waals surface area contributed by atoms with E-state index in [1.54, 1.807) is 0 Å². The van der Waals surface area contributed by atoms with Crippen LogP contribution in [0.4, 0.5) is 0 Å². The lowest BCUT2D eigenvalue weighted by Gasteiger charge is -2.17. The fraction of sp³-hybridized carbons (Fsp3) is 0. The van der Waals surface area contributed by atoms with E-state index in [-0.39, 0.29) is 0 Å². The van der Waals surface area contributed by atoms with Crippen molar-refractivity contribution in [1.82, 2.24) is 28.7 Å². The molecule has 15 aromatic rings. The number of rotatable bonds is 5. The van der Waals surface area contributed by atoms with Gasteiger partial charge in [-0.2, -0.15) is 9.97 Å². The maximum absolute atomic E-state index is 5.55.